The largest absolute Gasteiger partial charge is 0.427 e. The first-order chi connectivity index (χ1) is 19.0. The van der Waals surface area contributed by atoms with Crippen molar-refractivity contribution in [3.05, 3.63) is 53.6 Å². The topological polar surface area (TPSA) is 26.3 Å². The molecule has 2 aromatic carbocycles. The van der Waals surface area contributed by atoms with Crippen LogP contribution in [0.25, 0.3) is 11.1 Å². The van der Waals surface area contributed by atoms with Crippen LogP contribution in [-0.2, 0) is 15.6 Å². The van der Waals surface area contributed by atoms with Crippen LogP contribution in [0.1, 0.15) is 162 Å². The summed E-state index contributed by atoms with van der Waals surface area (Å²) in [4.78, 5) is 12.8. The molecule has 2 rings (SSSR count). The molecule has 2 nitrogen and oxygen atoms in total. The lowest BCUT2D eigenvalue weighted by molar-refractivity contribution is -0.134. The highest BCUT2D eigenvalue weighted by Crippen LogP contribution is 2.43. The maximum atomic E-state index is 12.8. The fourth-order valence-electron chi connectivity index (χ4n) is 5.60. The number of rotatable bonds is 18. The molecule has 0 aliphatic heterocycles. The average molecular weight is 549 g/mol. The van der Waals surface area contributed by atoms with E-state index in [0.29, 0.717) is 12.2 Å². The minimum atomic E-state index is -0.109. The second-order valence-corrected chi connectivity index (χ2v) is 13.9. The highest BCUT2D eigenvalue weighted by molar-refractivity contribution is 5.77. The Bertz CT molecular complexity index is 940. The molecule has 2 heteroatoms. The fourth-order valence-corrected chi connectivity index (χ4v) is 5.60. The van der Waals surface area contributed by atoms with Crippen LogP contribution < -0.4 is 4.74 Å². The van der Waals surface area contributed by atoms with E-state index in [4.69, 9.17) is 4.74 Å². The summed E-state index contributed by atoms with van der Waals surface area (Å²) in [5.41, 5.74) is 4.77. The Morgan fingerprint density at radius 1 is 0.600 bits per heavy atom. The van der Waals surface area contributed by atoms with Crippen LogP contribution in [0.4, 0.5) is 0 Å². The molecule has 0 atom stereocenters. The van der Waals surface area contributed by atoms with Gasteiger partial charge in [0.25, 0.3) is 0 Å². The van der Waals surface area contributed by atoms with E-state index in [9.17, 15) is 4.79 Å². The van der Waals surface area contributed by atoms with Crippen molar-refractivity contribution in [1.82, 2.24) is 0 Å². The Morgan fingerprint density at radius 3 is 1.40 bits per heavy atom. The maximum Gasteiger partial charge on any atom is 0.311 e. The zero-order valence-corrected chi connectivity index (χ0v) is 27.2. The Balaban J connectivity index is 1.79. The normalized spacial score (nSPS) is 12.1. The van der Waals surface area contributed by atoms with Crippen molar-refractivity contribution in [3.63, 3.8) is 0 Å². The van der Waals surface area contributed by atoms with Crippen molar-refractivity contribution >= 4 is 5.97 Å². The van der Waals surface area contributed by atoms with E-state index in [-0.39, 0.29) is 16.8 Å². The second-order valence-electron chi connectivity index (χ2n) is 13.9. The predicted octanol–water partition coefficient (Wildman–Crippen LogP) is 12.1. The minimum Gasteiger partial charge on any atom is -0.427 e. The number of carbonyl (C=O) groups is 1. The van der Waals surface area contributed by atoms with Crippen LogP contribution in [0.3, 0.4) is 0 Å². The van der Waals surface area contributed by atoms with Gasteiger partial charge in [0.1, 0.15) is 5.75 Å². The molecule has 0 radical (unpaired) electrons. The number of benzene rings is 2. The van der Waals surface area contributed by atoms with Crippen molar-refractivity contribution in [1.29, 1.82) is 0 Å². The molecular weight excluding hydrogens is 488 g/mol. The van der Waals surface area contributed by atoms with Gasteiger partial charge in [-0.05, 0) is 51.6 Å². The third kappa shape index (κ3) is 12.6. The van der Waals surface area contributed by atoms with Gasteiger partial charge in [-0.2, -0.15) is 0 Å². The molecule has 0 heterocycles. The monoisotopic (exact) mass is 548 g/mol. The number of hydrogen-bond donors (Lipinski definition) is 0. The number of hydrogen-bond acceptors (Lipinski definition) is 2. The van der Waals surface area contributed by atoms with E-state index in [0.717, 1.165) is 12.8 Å². The molecule has 0 aromatic heterocycles. The van der Waals surface area contributed by atoms with Gasteiger partial charge >= 0.3 is 5.97 Å². The third-order valence-electron chi connectivity index (χ3n) is 8.01. The predicted molar refractivity (Wildman–Crippen MR) is 174 cm³/mol. The van der Waals surface area contributed by atoms with Crippen LogP contribution in [0, 0.1) is 0 Å². The lowest BCUT2D eigenvalue weighted by Crippen LogP contribution is -2.20. The standard InChI is InChI=1S/C38H60O2/c1-8-9-10-11-12-13-14-15-16-17-18-19-20-21-25-28-35(39)40-32-29-33(37(2,3)4)36(31-26-23-22-24-27-31)34(30-32)38(5,6)7/h22-24,26-27,29-30H,8-21,25,28H2,1-7H3. The van der Waals surface area contributed by atoms with Gasteiger partial charge in [0.05, 0.1) is 0 Å². The average Bonchev–Trinajstić information content (AvgIpc) is 2.90. The first-order valence-electron chi connectivity index (χ1n) is 16.5. The molecule has 0 unspecified atom stereocenters. The van der Waals surface area contributed by atoms with Gasteiger partial charge in [0.15, 0.2) is 0 Å². The van der Waals surface area contributed by atoms with Crippen LogP contribution in [-0.4, -0.2) is 5.97 Å². The molecule has 0 saturated heterocycles. The Morgan fingerprint density at radius 2 is 1.00 bits per heavy atom. The molecule has 0 saturated carbocycles. The van der Waals surface area contributed by atoms with Gasteiger partial charge in [-0.3, -0.25) is 4.79 Å². The first-order valence-corrected chi connectivity index (χ1v) is 16.5. The first kappa shape index (κ1) is 34.1. The summed E-state index contributed by atoms with van der Waals surface area (Å²) in [6, 6.07) is 14.8. The minimum absolute atomic E-state index is 0.0815. The van der Waals surface area contributed by atoms with E-state index in [1.807, 2.05) is 0 Å². The molecular formula is C38H60O2. The highest BCUT2D eigenvalue weighted by atomic mass is 16.5. The molecule has 0 aliphatic rings. The number of esters is 1. The van der Waals surface area contributed by atoms with E-state index in [1.165, 1.54) is 106 Å². The van der Waals surface area contributed by atoms with Gasteiger partial charge in [-0.25, -0.2) is 0 Å². The molecule has 0 N–H and O–H groups in total. The van der Waals surface area contributed by atoms with E-state index < -0.39 is 0 Å². The van der Waals surface area contributed by atoms with Gasteiger partial charge in [0, 0.05) is 6.42 Å². The molecule has 0 amide bonds. The van der Waals surface area contributed by atoms with Gasteiger partial charge < -0.3 is 4.74 Å². The summed E-state index contributed by atoms with van der Waals surface area (Å²) in [6.45, 7) is 15.7. The quantitative estimate of drug-likeness (QED) is 0.105. The molecule has 0 aliphatic carbocycles. The van der Waals surface area contributed by atoms with Crippen LogP contribution in [0.5, 0.6) is 5.75 Å². The number of unbranched alkanes of at least 4 members (excludes halogenated alkanes) is 14. The number of carbonyl (C=O) groups excluding carboxylic acids is 1. The Labute approximate surface area is 247 Å². The van der Waals surface area contributed by atoms with Crippen LogP contribution >= 0.6 is 0 Å². The lowest BCUT2D eigenvalue weighted by atomic mass is 9.74. The molecule has 0 fully saturated rings. The molecule has 2 aromatic rings. The second kappa shape index (κ2) is 17.7. The van der Waals surface area contributed by atoms with Crippen molar-refractivity contribution in [2.75, 3.05) is 0 Å². The van der Waals surface area contributed by atoms with E-state index in [2.05, 4.69) is 90.9 Å². The number of ether oxygens (including phenoxy) is 1. The maximum absolute atomic E-state index is 12.8. The van der Waals surface area contributed by atoms with Crippen molar-refractivity contribution in [2.24, 2.45) is 0 Å². The SMILES string of the molecule is CCCCCCCCCCCCCCCCCC(=O)Oc1cc(C(C)(C)C)c(-c2ccccc2)c(C(C)(C)C)c1. The summed E-state index contributed by atoms with van der Waals surface area (Å²) < 4.78 is 5.96. The Kier molecular flexibility index (Phi) is 15.1. The smallest absolute Gasteiger partial charge is 0.311 e. The summed E-state index contributed by atoms with van der Waals surface area (Å²) in [5.74, 6) is 0.572. The summed E-state index contributed by atoms with van der Waals surface area (Å²) in [7, 11) is 0. The summed E-state index contributed by atoms with van der Waals surface area (Å²) >= 11 is 0. The van der Waals surface area contributed by atoms with E-state index in [1.54, 1.807) is 0 Å². The lowest BCUT2D eigenvalue weighted by Gasteiger charge is -2.31. The van der Waals surface area contributed by atoms with Gasteiger partial charge in [0.2, 0.25) is 0 Å². The summed E-state index contributed by atoms with van der Waals surface area (Å²) in [6.07, 6.45) is 20.4. The van der Waals surface area contributed by atoms with E-state index >= 15 is 0 Å². The third-order valence-corrected chi connectivity index (χ3v) is 8.01. The zero-order chi connectivity index (χ0) is 29.4. The molecule has 0 bridgehead atoms. The van der Waals surface area contributed by atoms with Crippen molar-refractivity contribution < 1.29 is 9.53 Å². The fraction of sp³-hybridized carbons (Fsp3) is 0.658. The molecule has 0 spiro atoms. The van der Waals surface area contributed by atoms with Gasteiger partial charge in [-0.1, -0.05) is 169 Å². The van der Waals surface area contributed by atoms with Gasteiger partial charge in [-0.15, -0.1) is 0 Å². The van der Waals surface area contributed by atoms with Crippen LogP contribution in [0.2, 0.25) is 0 Å². The summed E-state index contributed by atoms with van der Waals surface area (Å²) in [5, 5.41) is 0. The molecule has 224 valence electrons. The molecule has 40 heavy (non-hydrogen) atoms. The Hall–Kier alpha value is -2.09. The van der Waals surface area contributed by atoms with Crippen LogP contribution in [0.15, 0.2) is 42.5 Å². The van der Waals surface area contributed by atoms with Crippen molar-refractivity contribution in [2.45, 2.75) is 162 Å². The van der Waals surface area contributed by atoms with Crippen molar-refractivity contribution in [3.8, 4) is 16.9 Å². The zero-order valence-electron chi connectivity index (χ0n) is 27.2. The highest BCUT2D eigenvalue weighted by Gasteiger charge is 2.28.